The molecule has 0 aliphatic rings. The molecule has 0 bridgehead atoms. The molecule has 0 radical (unpaired) electrons. The Kier molecular flexibility index (Phi) is 6.41. The van der Waals surface area contributed by atoms with E-state index in [1.54, 1.807) is 41.5 Å². The number of fused-ring (bicyclic) bond motifs is 1. The first-order valence-electron chi connectivity index (χ1n) is 10.0. The lowest BCUT2D eigenvalue weighted by molar-refractivity contribution is 0.0540. The fraction of sp³-hybridized carbons (Fsp3) is 0.409. The molecule has 0 saturated carbocycles. The van der Waals surface area contributed by atoms with E-state index in [4.69, 9.17) is 21.1 Å². The zero-order chi connectivity index (χ0) is 23.7. The van der Waals surface area contributed by atoms with Crippen LogP contribution >= 0.6 is 11.6 Å². The molecule has 0 atom stereocenters. The van der Waals surface area contributed by atoms with Crippen LogP contribution in [0.3, 0.4) is 0 Å². The molecule has 9 nitrogen and oxygen atoms in total. The molecular weight excluding hydrogens is 434 g/mol. The van der Waals surface area contributed by atoms with Crippen molar-refractivity contribution in [2.75, 3.05) is 4.90 Å². The first-order valence-corrected chi connectivity index (χ1v) is 10.4. The van der Waals surface area contributed by atoms with Crippen molar-refractivity contribution >= 4 is 40.9 Å². The van der Waals surface area contributed by atoms with Crippen LogP contribution in [0.25, 0.3) is 11.2 Å². The predicted molar refractivity (Wildman–Crippen MR) is 121 cm³/mol. The van der Waals surface area contributed by atoms with Crippen molar-refractivity contribution in [2.45, 2.75) is 59.3 Å². The largest absolute Gasteiger partial charge is 0.443 e. The molecule has 2 heterocycles. The van der Waals surface area contributed by atoms with Crippen molar-refractivity contribution in [3.63, 3.8) is 0 Å². The highest BCUT2D eigenvalue weighted by Gasteiger charge is 2.28. The third kappa shape index (κ3) is 5.73. The minimum absolute atomic E-state index is 0.00562. The number of hydrogen-bond donors (Lipinski definition) is 0. The number of imidazole rings is 1. The Labute approximate surface area is 191 Å². The van der Waals surface area contributed by atoms with Gasteiger partial charge in [-0.25, -0.2) is 24.0 Å². The summed E-state index contributed by atoms with van der Waals surface area (Å²) in [5.41, 5.74) is -0.290. The maximum absolute atomic E-state index is 13.0. The van der Waals surface area contributed by atoms with Crippen LogP contribution < -0.4 is 4.90 Å². The molecule has 1 amide bonds. The second-order valence-electron chi connectivity index (χ2n) is 9.13. The Bertz CT molecular complexity index is 1130. The van der Waals surface area contributed by atoms with Gasteiger partial charge in [0.2, 0.25) is 5.95 Å². The number of rotatable bonds is 3. The summed E-state index contributed by atoms with van der Waals surface area (Å²) in [5, 5.41) is -0.00562. The molecule has 3 rings (SSSR count). The standard InChI is InChI=1S/C22H26ClN5O4/c1-21(2,3)31-19(29)27(12-14-10-8-7-9-11-14)18-25-16(23)15-17(26-18)28(13-24-15)20(30)32-22(4,5)6/h7-11,13H,12H2,1-6H3. The molecular formula is C22H26ClN5O4. The van der Waals surface area contributed by atoms with E-state index in [1.165, 1.54) is 11.2 Å². The molecule has 3 aromatic rings. The number of amides is 1. The smallest absolute Gasteiger partial charge is 0.421 e. The maximum Gasteiger partial charge on any atom is 0.421 e. The SMILES string of the molecule is CC(C)(C)OC(=O)N(Cc1ccccc1)c1nc(Cl)c2ncn(C(=O)OC(C)(C)C)c2n1. The summed E-state index contributed by atoms with van der Waals surface area (Å²) in [7, 11) is 0. The number of anilines is 1. The Morgan fingerprint density at radius 1 is 1.00 bits per heavy atom. The third-order valence-corrected chi connectivity index (χ3v) is 4.23. The van der Waals surface area contributed by atoms with E-state index in [2.05, 4.69) is 15.0 Å². The summed E-state index contributed by atoms with van der Waals surface area (Å²) in [6, 6.07) is 9.32. The Balaban J connectivity index is 2.08. The van der Waals surface area contributed by atoms with E-state index >= 15 is 0 Å². The lowest BCUT2D eigenvalue weighted by Crippen LogP contribution is -2.37. The molecule has 10 heteroatoms. The van der Waals surface area contributed by atoms with Crippen LogP contribution in [0.1, 0.15) is 47.1 Å². The number of nitrogens with zero attached hydrogens (tertiary/aromatic N) is 5. The summed E-state index contributed by atoms with van der Waals surface area (Å²) in [6.07, 6.45) is -0.0642. The van der Waals surface area contributed by atoms with Gasteiger partial charge in [-0.1, -0.05) is 41.9 Å². The molecule has 1 aromatic carbocycles. The van der Waals surface area contributed by atoms with Crippen molar-refractivity contribution in [1.29, 1.82) is 0 Å². The second kappa shape index (κ2) is 8.74. The number of ether oxygens (including phenoxy) is 2. The first-order chi connectivity index (χ1) is 14.8. The number of carbonyl (C=O) groups is 2. The van der Waals surface area contributed by atoms with Gasteiger partial charge in [0.1, 0.15) is 23.0 Å². The van der Waals surface area contributed by atoms with Gasteiger partial charge >= 0.3 is 12.2 Å². The molecule has 0 spiro atoms. The molecule has 0 N–H and O–H groups in total. The fourth-order valence-corrected chi connectivity index (χ4v) is 2.93. The van der Waals surface area contributed by atoms with Crippen molar-refractivity contribution in [3.05, 3.63) is 47.4 Å². The van der Waals surface area contributed by atoms with Crippen LogP contribution in [-0.2, 0) is 16.0 Å². The maximum atomic E-state index is 13.0. The predicted octanol–water partition coefficient (Wildman–Crippen LogP) is 5.20. The van der Waals surface area contributed by atoms with Gasteiger partial charge in [0.25, 0.3) is 0 Å². The minimum Gasteiger partial charge on any atom is -0.443 e. The van der Waals surface area contributed by atoms with Crippen LogP contribution in [0, 0.1) is 0 Å². The average Bonchev–Trinajstić information content (AvgIpc) is 3.09. The summed E-state index contributed by atoms with van der Waals surface area (Å²) in [4.78, 5) is 39.7. The van der Waals surface area contributed by atoms with Gasteiger partial charge in [0.15, 0.2) is 10.8 Å². The van der Waals surface area contributed by atoms with E-state index < -0.39 is 23.4 Å². The first kappa shape index (κ1) is 23.5. The summed E-state index contributed by atoms with van der Waals surface area (Å²) >= 11 is 6.34. The van der Waals surface area contributed by atoms with Gasteiger partial charge in [-0.3, -0.25) is 0 Å². The fourth-order valence-electron chi connectivity index (χ4n) is 2.72. The van der Waals surface area contributed by atoms with Crippen molar-refractivity contribution in [2.24, 2.45) is 0 Å². The molecule has 0 saturated heterocycles. The Hall–Kier alpha value is -3.20. The normalized spacial score (nSPS) is 12.0. The van der Waals surface area contributed by atoms with Gasteiger partial charge in [-0.15, -0.1) is 0 Å². The quantitative estimate of drug-likeness (QED) is 0.496. The molecule has 32 heavy (non-hydrogen) atoms. The molecule has 170 valence electrons. The number of aromatic nitrogens is 4. The number of carbonyl (C=O) groups excluding carboxylic acids is 2. The van der Waals surface area contributed by atoms with Crippen molar-refractivity contribution in [3.8, 4) is 0 Å². The Morgan fingerprint density at radius 3 is 2.22 bits per heavy atom. The van der Waals surface area contributed by atoms with Gasteiger partial charge in [-0.2, -0.15) is 9.97 Å². The van der Waals surface area contributed by atoms with E-state index in [9.17, 15) is 9.59 Å². The zero-order valence-electron chi connectivity index (χ0n) is 18.9. The van der Waals surface area contributed by atoms with Crippen molar-refractivity contribution < 1.29 is 19.1 Å². The van der Waals surface area contributed by atoms with E-state index in [0.717, 1.165) is 10.1 Å². The van der Waals surface area contributed by atoms with Crippen LogP contribution in [0.5, 0.6) is 0 Å². The van der Waals surface area contributed by atoms with Gasteiger partial charge in [0.05, 0.1) is 6.54 Å². The van der Waals surface area contributed by atoms with E-state index in [1.807, 2.05) is 30.3 Å². The number of benzene rings is 1. The van der Waals surface area contributed by atoms with Gasteiger partial charge in [0, 0.05) is 0 Å². The van der Waals surface area contributed by atoms with Gasteiger partial charge < -0.3 is 9.47 Å². The van der Waals surface area contributed by atoms with Crippen LogP contribution in [0.4, 0.5) is 15.5 Å². The lowest BCUT2D eigenvalue weighted by atomic mass is 10.2. The molecule has 0 unspecified atom stereocenters. The van der Waals surface area contributed by atoms with Crippen LogP contribution in [0.2, 0.25) is 5.15 Å². The highest BCUT2D eigenvalue weighted by atomic mass is 35.5. The highest BCUT2D eigenvalue weighted by molar-refractivity contribution is 6.33. The summed E-state index contributed by atoms with van der Waals surface area (Å²) in [6.45, 7) is 10.7. The van der Waals surface area contributed by atoms with Crippen molar-refractivity contribution in [1.82, 2.24) is 19.5 Å². The summed E-state index contributed by atoms with van der Waals surface area (Å²) < 4.78 is 12.1. The third-order valence-electron chi connectivity index (χ3n) is 3.97. The van der Waals surface area contributed by atoms with Crippen LogP contribution in [0.15, 0.2) is 36.7 Å². The lowest BCUT2D eigenvalue weighted by Gasteiger charge is -2.26. The monoisotopic (exact) mass is 459 g/mol. The average molecular weight is 460 g/mol. The summed E-state index contributed by atoms with van der Waals surface area (Å²) in [5.74, 6) is -0.0223. The molecule has 0 aliphatic carbocycles. The van der Waals surface area contributed by atoms with Crippen LogP contribution in [-0.4, -0.2) is 42.9 Å². The molecule has 0 fully saturated rings. The highest BCUT2D eigenvalue weighted by Crippen LogP contribution is 2.25. The topological polar surface area (TPSA) is 99.4 Å². The second-order valence-corrected chi connectivity index (χ2v) is 9.49. The molecule has 2 aromatic heterocycles. The van der Waals surface area contributed by atoms with Gasteiger partial charge in [-0.05, 0) is 47.1 Å². The number of hydrogen-bond acceptors (Lipinski definition) is 7. The Morgan fingerprint density at radius 2 is 1.62 bits per heavy atom. The molecule has 0 aliphatic heterocycles. The minimum atomic E-state index is -0.738. The van der Waals surface area contributed by atoms with E-state index in [-0.39, 0.29) is 28.8 Å². The zero-order valence-corrected chi connectivity index (χ0v) is 19.7. The van der Waals surface area contributed by atoms with E-state index in [0.29, 0.717) is 0 Å². The number of halogens is 1.